The molecule has 0 saturated heterocycles. The third-order valence-corrected chi connectivity index (χ3v) is 3.72. The molecule has 0 aliphatic heterocycles. The van der Waals surface area contributed by atoms with Crippen LogP contribution in [0, 0.1) is 0 Å². The molecule has 2 rings (SSSR count). The fraction of sp³-hybridized carbons (Fsp3) is 0.562. The molecule has 2 heterocycles. The van der Waals surface area contributed by atoms with Crippen LogP contribution in [0.2, 0.25) is 0 Å². The molecule has 3 N–H and O–H groups in total. The first-order chi connectivity index (χ1) is 11.1. The Morgan fingerprint density at radius 1 is 1.30 bits per heavy atom. The van der Waals surface area contributed by atoms with Crippen molar-refractivity contribution in [2.75, 3.05) is 37.8 Å². The van der Waals surface area contributed by atoms with Gasteiger partial charge in [-0.1, -0.05) is 13.8 Å². The monoisotopic (exact) mass is 317 g/mol. The molecule has 0 bridgehead atoms. The minimum absolute atomic E-state index is 0.470. The molecule has 0 saturated carbocycles. The number of nitrogens with one attached hydrogen (secondary N) is 3. The number of hydrogen-bond donors (Lipinski definition) is 3. The lowest BCUT2D eigenvalue weighted by Gasteiger charge is -2.10. The Kier molecular flexibility index (Phi) is 6.34. The van der Waals surface area contributed by atoms with E-state index in [1.807, 2.05) is 12.1 Å². The second-order valence-electron chi connectivity index (χ2n) is 5.99. The van der Waals surface area contributed by atoms with Crippen LogP contribution >= 0.6 is 0 Å². The highest BCUT2D eigenvalue weighted by molar-refractivity contribution is 5.53. The van der Waals surface area contributed by atoms with E-state index < -0.39 is 0 Å². The number of rotatable bonds is 9. The van der Waals surface area contributed by atoms with Gasteiger partial charge in [-0.15, -0.1) is 0 Å². The molecule has 0 spiro atoms. The van der Waals surface area contributed by atoms with Crippen LogP contribution in [0.3, 0.4) is 0 Å². The van der Waals surface area contributed by atoms with Gasteiger partial charge in [0.05, 0.1) is 0 Å². The molecule has 1 unspecified atom stereocenters. The molecule has 0 amide bonds. The maximum Gasteiger partial charge on any atom is 0.224 e. The molecule has 1 atom stereocenters. The van der Waals surface area contributed by atoms with Gasteiger partial charge in [-0.05, 0) is 45.5 Å². The number of H-pyrrole nitrogens is 1. The summed E-state index contributed by atoms with van der Waals surface area (Å²) in [5.41, 5.74) is 1.13. The summed E-state index contributed by atoms with van der Waals surface area (Å²) in [6, 6.07) is 3.86. The van der Waals surface area contributed by atoms with Gasteiger partial charge in [-0.2, -0.15) is 10.1 Å². The zero-order valence-corrected chi connectivity index (χ0v) is 14.4. The molecule has 2 aromatic rings. The Hall–Kier alpha value is -2.15. The van der Waals surface area contributed by atoms with Crippen LogP contribution in [0.4, 0.5) is 17.6 Å². The van der Waals surface area contributed by atoms with Crippen LogP contribution in [-0.2, 0) is 0 Å². The molecule has 0 aliphatic rings. The third-order valence-electron chi connectivity index (χ3n) is 3.72. The second-order valence-corrected chi connectivity index (χ2v) is 5.99. The Labute approximate surface area is 137 Å². The summed E-state index contributed by atoms with van der Waals surface area (Å²) in [7, 11) is 4.14. The quantitative estimate of drug-likeness (QED) is 0.617. The van der Waals surface area contributed by atoms with E-state index in [9.17, 15) is 0 Å². The van der Waals surface area contributed by atoms with Crippen molar-refractivity contribution in [3.63, 3.8) is 0 Å². The predicted octanol–water partition coefficient (Wildman–Crippen LogP) is 2.82. The number of aromatic nitrogens is 4. The van der Waals surface area contributed by atoms with E-state index in [4.69, 9.17) is 0 Å². The number of nitrogens with zero attached hydrogens (tertiary/aromatic N) is 4. The number of hydrogen-bond acceptors (Lipinski definition) is 6. The van der Waals surface area contributed by atoms with Crippen molar-refractivity contribution in [3.05, 3.63) is 24.0 Å². The first-order valence-electron chi connectivity index (χ1n) is 8.12. The van der Waals surface area contributed by atoms with Gasteiger partial charge in [-0.25, -0.2) is 4.98 Å². The standard InChI is InChI=1S/C16H27N7/c1-5-12(2)13-11-15(22-21-13)19-14-7-9-18-16(20-14)17-8-6-10-23(3)4/h7,9,11-12H,5-6,8,10H2,1-4H3,(H3,17,18,19,20,21,22). The lowest BCUT2D eigenvalue weighted by Crippen LogP contribution is -2.17. The van der Waals surface area contributed by atoms with Gasteiger partial charge < -0.3 is 15.5 Å². The molecular weight excluding hydrogens is 290 g/mol. The van der Waals surface area contributed by atoms with Crippen molar-refractivity contribution in [3.8, 4) is 0 Å². The minimum Gasteiger partial charge on any atom is -0.354 e. The van der Waals surface area contributed by atoms with Crippen LogP contribution < -0.4 is 10.6 Å². The average Bonchev–Trinajstić information content (AvgIpc) is 2.99. The smallest absolute Gasteiger partial charge is 0.224 e. The summed E-state index contributed by atoms with van der Waals surface area (Å²) in [5, 5.41) is 13.8. The SMILES string of the molecule is CCC(C)c1cc(Nc2ccnc(NCCCN(C)C)n2)n[nH]1. The summed E-state index contributed by atoms with van der Waals surface area (Å²) in [5.74, 6) is 2.61. The molecule has 0 aromatic carbocycles. The molecule has 126 valence electrons. The van der Waals surface area contributed by atoms with Gasteiger partial charge in [-0.3, -0.25) is 5.10 Å². The molecule has 0 fully saturated rings. The third kappa shape index (κ3) is 5.52. The summed E-state index contributed by atoms with van der Waals surface area (Å²) in [4.78, 5) is 10.9. The molecule has 7 nitrogen and oxygen atoms in total. The average molecular weight is 317 g/mol. The van der Waals surface area contributed by atoms with E-state index in [0.717, 1.165) is 43.3 Å². The van der Waals surface area contributed by atoms with E-state index in [1.54, 1.807) is 6.20 Å². The highest BCUT2D eigenvalue weighted by atomic mass is 15.2. The molecular formula is C16H27N7. The molecule has 0 aliphatic carbocycles. The predicted molar refractivity (Wildman–Crippen MR) is 94.3 cm³/mol. The van der Waals surface area contributed by atoms with Crippen LogP contribution in [0.25, 0.3) is 0 Å². The van der Waals surface area contributed by atoms with Gasteiger partial charge in [0.15, 0.2) is 5.82 Å². The Bertz CT molecular complexity index is 594. The Morgan fingerprint density at radius 2 is 2.13 bits per heavy atom. The van der Waals surface area contributed by atoms with Gasteiger partial charge in [0, 0.05) is 24.5 Å². The van der Waals surface area contributed by atoms with Gasteiger partial charge >= 0.3 is 0 Å². The molecule has 2 aromatic heterocycles. The molecule has 23 heavy (non-hydrogen) atoms. The van der Waals surface area contributed by atoms with Crippen LogP contribution in [0.15, 0.2) is 18.3 Å². The van der Waals surface area contributed by atoms with Crippen LogP contribution in [0.5, 0.6) is 0 Å². The zero-order chi connectivity index (χ0) is 16.7. The van der Waals surface area contributed by atoms with E-state index >= 15 is 0 Å². The van der Waals surface area contributed by atoms with E-state index in [-0.39, 0.29) is 0 Å². The van der Waals surface area contributed by atoms with Crippen LogP contribution in [0.1, 0.15) is 38.3 Å². The summed E-state index contributed by atoms with van der Waals surface area (Å²) >= 11 is 0. The minimum atomic E-state index is 0.470. The fourth-order valence-electron chi connectivity index (χ4n) is 2.11. The summed E-state index contributed by atoms with van der Waals surface area (Å²) in [6.45, 7) is 6.23. The van der Waals surface area contributed by atoms with Crippen molar-refractivity contribution < 1.29 is 0 Å². The van der Waals surface area contributed by atoms with E-state index in [0.29, 0.717) is 11.9 Å². The van der Waals surface area contributed by atoms with Crippen molar-refractivity contribution in [1.82, 2.24) is 25.1 Å². The maximum atomic E-state index is 4.46. The highest BCUT2D eigenvalue weighted by Gasteiger charge is 2.08. The van der Waals surface area contributed by atoms with Crippen molar-refractivity contribution in [1.29, 1.82) is 0 Å². The first kappa shape index (κ1) is 17.2. The normalized spacial score (nSPS) is 12.4. The number of anilines is 3. The van der Waals surface area contributed by atoms with Crippen molar-refractivity contribution >= 4 is 17.6 Å². The van der Waals surface area contributed by atoms with Gasteiger partial charge in [0.25, 0.3) is 0 Å². The summed E-state index contributed by atoms with van der Waals surface area (Å²) in [6.07, 6.45) is 3.87. The molecule has 0 radical (unpaired) electrons. The van der Waals surface area contributed by atoms with Gasteiger partial charge in [0.2, 0.25) is 5.95 Å². The van der Waals surface area contributed by atoms with Crippen molar-refractivity contribution in [2.24, 2.45) is 0 Å². The largest absolute Gasteiger partial charge is 0.354 e. The Balaban J connectivity index is 1.90. The zero-order valence-electron chi connectivity index (χ0n) is 14.4. The first-order valence-corrected chi connectivity index (χ1v) is 8.12. The van der Waals surface area contributed by atoms with Crippen molar-refractivity contribution in [2.45, 2.75) is 32.6 Å². The second kappa shape index (κ2) is 8.47. The fourth-order valence-corrected chi connectivity index (χ4v) is 2.11. The number of aromatic amines is 1. The van der Waals surface area contributed by atoms with Crippen LogP contribution in [-0.4, -0.2) is 52.3 Å². The lowest BCUT2D eigenvalue weighted by molar-refractivity contribution is 0.405. The summed E-state index contributed by atoms with van der Waals surface area (Å²) < 4.78 is 0. The topological polar surface area (TPSA) is 81.8 Å². The molecule has 7 heteroatoms. The maximum absolute atomic E-state index is 4.46. The lowest BCUT2D eigenvalue weighted by atomic mass is 10.1. The van der Waals surface area contributed by atoms with Gasteiger partial charge in [0.1, 0.15) is 5.82 Å². The van der Waals surface area contributed by atoms with E-state index in [2.05, 4.69) is 63.6 Å². The van der Waals surface area contributed by atoms with E-state index in [1.165, 1.54) is 0 Å². The highest BCUT2D eigenvalue weighted by Crippen LogP contribution is 2.20. The Morgan fingerprint density at radius 3 is 2.87 bits per heavy atom.